The molecule has 1 amide bonds. The van der Waals surface area contributed by atoms with Gasteiger partial charge < -0.3 is 15.2 Å². The maximum absolute atomic E-state index is 12.2. The summed E-state index contributed by atoms with van der Waals surface area (Å²) >= 11 is 0. The predicted molar refractivity (Wildman–Crippen MR) is 97.5 cm³/mol. The van der Waals surface area contributed by atoms with Gasteiger partial charge in [0, 0.05) is 26.1 Å². The highest BCUT2D eigenvalue weighted by atomic mass is 35.5. The van der Waals surface area contributed by atoms with Crippen LogP contribution >= 0.6 is 12.4 Å². The number of aromatic nitrogens is 2. The SMILES string of the molecule is CC(NC(=O)CC1CCCCC1)c1nc(C2CNCCN2C)no1.Cl. The van der Waals surface area contributed by atoms with Crippen LogP contribution in [0.4, 0.5) is 0 Å². The van der Waals surface area contributed by atoms with E-state index in [9.17, 15) is 4.79 Å². The fourth-order valence-electron chi connectivity index (χ4n) is 3.67. The molecule has 1 aromatic heterocycles. The van der Waals surface area contributed by atoms with Crippen LogP contribution in [-0.2, 0) is 4.79 Å². The number of carbonyl (C=O) groups is 1. The van der Waals surface area contributed by atoms with Crippen LogP contribution in [0.5, 0.6) is 0 Å². The molecule has 1 aliphatic heterocycles. The van der Waals surface area contributed by atoms with Gasteiger partial charge in [-0.2, -0.15) is 4.98 Å². The second-order valence-electron chi connectivity index (χ2n) is 7.19. The average Bonchev–Trinajstić information content (AvgIpc) is 3.06. The van der Waals surface area contributed by atoms with E-state index in [2.05, 4.69) is 32.7 Å². The molecule has 1 aromatic rings. The fraction of sp³-hybridized carbons (Fsp3) is 0.824. The quantitative estimate of drug-likeness (QED) is 0.825. The lowest BCUT2D eigenvalue weighted by Crippen LogP contribution is -2.44. The molecule has 1 aliphatic carbocycles. The largest absolute Gasteiger partial charge is 0.345 e. The van der Waals surface area contributed by atoms with Crippen molar-refractivity contribution in [3.63, 3.8) is 0 Å². The first kappa shape index (κ1) is 20.1. The van der Waals surface area contributed by atoms with Crippen LogP contribution in [-0.4, -0.2) is 47.6 Å². The van der Waals surface area contributed by atoms with Gasteiger partial charge in [-0.25, -0.2) is 0 Å². The molecule has 1 saturated heterocycles. The van der Waals surface area contributed by atoms with Crippen molar-refractivity contribution in [3.05, 3.63) is 11.7 Å². The standard InChI is InChI=1S/C17H29N5O2.ClH/c1-12(19-15(23)10-13-6-4-3-5-7-13)17-20-16(21-24-17)14-11-18-8-9-22(14)2;/h12-14,18H,3-11H2,1-2H3,(H,19,23);1H. The first-order valence-corrected chi connectivity index (χ1v) is 9.17. The highest BCUT2D eigenvalue weighted by Crippen LogP contribution is 2.26. The maximum Gasteiger partial charge on any atom is 0.248 e. The van der Waals surface area contributed by atoms with Gasteiger partial charge in [-0.05, 0) is 32.7 Å². The molecule has 2 N–H and O–H groups in total. The van der Waals surface area contributed by atoms with E-state index in [1.807, 2.05) is 6.92 Å². The van der Waals surface area contributed by atoms with Crippen molar-refractivity contribution >= 4 is 18.3 Å². The van der Waals surface area contributed by atoms with E-state index >= 15 is 0 Å². The minimum Gasteiger partial charge on any atom is -0.345 e. The molecule has 0 aromatic carbocycles. The number of carbonyl (C=O) groups excluding carboxylic acids is 1. The van der Waals surface area contributed by atoms with Crippen molar-refractivity contribution in [1.82, 2.24) is 25.7 Å². The molecule has 2 atom stereocenters. The van der Waals surface area contributed by atoms with Crippen molar-refractivity contribution < 1.29 is 9.32 Å². The van der Waals surface area contributed by atoms with Gasteiger partial charge in [-0.15, -0.1) is 12.4 Å². The molecule has 2 aliphatic rings. The Morgan fingerprint density at radius 1 is 1.40 bits per heavy atom. The summed E-state index contributed by atoms with van der Waals surface area (Å²) in [6.45, 7) is 4.66. The van der Waals surface area contributed by atoms with E-state index < -0.39 is 0 Å². The molecule has 2 unspecified atom stereocenters. The van der Waals surface area contributed by atoms with Crippen molar-refractivity contribution in [2.45, 2.75) is 57.5 Å². The number of nitrogens with zero attached hydrogens (tertiary/aromatic N) is 3. The van der Waals surface area contributed by atoms with E-state index in [0.717, 1.165) is 19.6 Å². The van der Waals surface area contributed by atoms with Gasteiger partial charge in [0.1, 0.15) is 6.04 Å². The Hall–Kier alpha value is -1.18. The Morgan fingerprint density at radius 3 is 2.88 bits per heavy atom. The van der Waals surface area contributed by atoms with Gasteiger partial charge in [0.25, 0.3) is 0 Å². The predicted octanol–water partition coefficient (Wildman–Crippen LogP) is 2.22. The van der Waals surface area contributed by atoms with Crippen LogP contribution in [0.2, 0.25) is 0 Å². The molecule has 3 rings (SSSR count). The van der Waals surface area contributed by atoms with Crippen LogP contribution in [0.3, 0.4) is 0 Å². The lowest BCUT2D eigenvalue weighted by Gasteiger charge is -2.30. The monoisotopic (exact) mass is 371 g/mol. The van der Waals surface area contributed by atoms with Crippen molar-refractivity contribution in [2.24, 2.45) is 5.92 Å². The Kier molecular flexibility index (Phi) is 7.65. The summed E-state index contributed by atoms with van der Waals surface area (Å²) in [5, 5.41) is 10.5. The number of amides is 1. The van der Waals surface area contributed by atoms with Crippen LogP contribution in [0.1, 0.15) is 69.2 Å². The van der Waals surface area contributed by atoms with E-state index in [1.54, 1.807) is 0 Å². The molecule has 25 heavy (non-hydrogen) atoms. The molecular formula is C17H30ClN5O2. The van der Waals surface area contributed by atoms with Crippen molar-refractivity contribution in [2.75, 3.05) is 26.7 Å². The summed E-state index contributed by atoms with van der Waals surface area (Å²) in [7, 11) is 2.07. The van der Waals surface area contributed by atoms with Gasteiger partial charge in [0.05, 0.1) is 6.04 Å². The molecule has 7 nitrogen and oxygen atoms in total. The van der Waals surface area contributed by atoms with Crippen LogP contribution in [0, 0.1) is 5.92 Å². The molecule has 2 fully saturated rings. The second-order valence-corrected chi connectivity index (χ2v) is 7.19. The van der Waals surface area contributed by atoms with E-state index in [4.69, 9.17) is 4.52 Å². The number of nitrogens with one attached hydrogen (secondary N) is 2. The third-order valence-corrected chi connectivity index (χ3v) is 5.21. The Morgan fingerprint density at radius 2 is 2.16 bits per heavy atom. The number of halogens is 1. The van der Waals surface area contributed by atoms with Gasteiger partial charge in [-0.3, -0.25) is 9.69 Å². The molecule has 0 spiro atoms. The number of likely N-dealkylation sites (N-methyl/N-ethyl adjacent to an activating group) is 1. The minimum atomic E-state index is -0.246. The zero-order valence-corrected chi connectivity index (χ0v) is 16.0. The molecular weight excluding hydrogens is 342 g/mol. The van der Waals surface area contributed by atoms with Crippen LogP contribution in [0.25, 0.3) is 0 Å². The van der Waals surface area contributed by atoms with Crippen LogP contribution < -0.4 is 10.6 Å². The van der Waals surface area contributed by atoms with Gasteiger partial charge in [-0.1, -0.05) is 24.4 Å². The van der Waals surface area contributed by atoms with E-state index in [-0.39, 0.29) is 30.4 Å². The number of hydrogen-bond acceptors (Lipinski definition) is 6. The summed E-state index contributed by atoms with van der Waals surface area (Å²) in [5.41, 5.74) is 0. The van der Waals surface area contributed by atoms with E-state index in [0.29, 0.717) is 24.1 Å². The zero-order chi connectivity index (χ0) is 16.9. The zero-order valence-electron chi connectivity index (χ0n) is 15.2. The van der Waals surface area contributed by atoms with Crippen LogP contribution in [0.15, 0.2) is 4.52 Å². The third-order valence-electron chi connectivity index (χ3n) is 5.21. The topological polar surface area (TPSA) is 83.3 Å². The van der Waals surface area contributed by atoms with Gasteiger partial charge in [0.2, 0.25) is 11.8 Å². The maximum atomic E-state index is 12.2. The molecule has 142 valence electrons. The molecule has 0 radical (unpaired) electrons. The minimum absolute atomic E-state index is 0. The summed E-state index contributed by atoms with van der Waals surface area (Å²) in [6.07, 6.45) is 6.78. The first-order valence-electron chi connectivity index (χ1n) is 9.17. The number of rotatable bonds is 5. The summed E-state index contributed by atoms with van der Waals surface area (Å²) in [4.78, 5) is 19.0. The highest BCUT2D eigenvalue weighted by Gasteiger charge is 2.27. The molecule has 0 bridgehead atoms. The van der Waals surface area contributed by atoms with E-state index in [1.165, 1.54) is 32.1 Å². The number of piperazine rings is 1. The smallest absolute Gasteiger partial charge is 0.248 e. The van der Waals surface area contributed by atoms with Crippen molar-refractivity contribution in [1.29, 1.82) is 0 Å². The lowest BCUT2D eigenvalue weighted by atomic mass is 9.87. The Balaban J connectivity index is 0.00000225. The second kappa shape index (κ2) is 9.50. The first-order chi connectivity index (χ1) is 11.6. The summed E-state index contributed by atoms with van der Waals surface area (Å²) in [5.74, 6) is 1.80. The normalized spacial score (nSPS) is 23.7. The van der Waals surface area contributed by atoms with Gasteiger partial charge >= 0.3 is 0 Å². The Labute approximate surface area is 155 Å². The summed E-state index contributed by atoms with van der Waals surface area (Å²) < 4.78 is 5.39. The fourth-order valence-corrected chi connectivity index (χ4v) is 3.67. The van der Waals surface area contributed by atoms with Crippen molar-refractivity contribution in [3.8, 4) is 0 Å². The lowest BCUT2D eigenvalue weighted by molar-refractivity contribution is -0.123. The molecule has 2 heterocycles. The molecule has 1 saturated carbocycles. The summed E-state index contributed by atoms with van der Waals surface area (Å²) in [6, 6.07) is -0.120. The number of hydrogen-bond donors (Lipinski definition) is 2. The Bertz CT molecular complexity index is 547. The highest BCUT2D eigenvalue weighted by molar-refractivity contribution is 5.85. The van der Waals surface area contributed by atoms with Gasteiger partial charge in [0.15, 0.2) is 5.82 Å². The molecule has 8 heteroatoms. The average molecular weight is 372 g/mol. The third kappa shape index (κ3) is 5.39.